The van der Waals surface area contributed by atoms with E-state index in [1.54, 1.807) is 13.8 Å². The van der Waals surface area contributed by atoms with Crippen LogP contribution in [0, 0.1) is 11.8 Å². The standard InChI is InChI=1S/C12H18O4/c1-7(2)10(13)16-12(3)6-8-4-5-9(12)15-11(8)14/h7-9H,4-6H2,1-3H3. The first kappa shape index (κ1) is 11.4. The van der Waals surface area contributed by atoms with Crippen molar-refractivity contribution < 1.29 is 19.1 Å². The van der Waals surface area contributed by atoms with Gasteiger partial charge in [0.1, 0.15) is 11.7 Å². The van der Waals surface area contributed by atoms with Gasteiger partial charge in [-0.3, -0.25) is 9.59 Å². The second-order valence-electron chi connectivity index (χ2n) is 5.29. The summed E-state index contributed by atoms with van der Waals surface area (Å²) >= 11 is 0. The molecule has 0 aromatic heterocycles. The number of fused-ring (bicyclic) bond motifs is 3. The lowest BCUT2D eigenvalue weighted by Crippen LogP contribution is -2.57. The number of rotatable bonds is 2. The molecule has 2 bridgehead atoms. The van der Waals surface area contributed by atoms with Crippen LogP contribution in [0.15, 0.2) is 0 Å². The number of carbonyl (C=O) groups is 2. The summed E-state index contributed by atoms with van der Waals surface area (Å²) < 4.78 is 10.8. The fraction of sp³-hybridized carbons (Fsp3) is 0.833. The lowest BCUT2D eigenvalue weighted by atomic mass is 9.74. The quantitative estimate of drug-likeness (QED) is 0.672. The van der Waals surface area contributed by atoms with Gasteiger partial charge in [0.05, 0.1) is 11.8 Å². The highest BCUT2D eigenvalue weighted by atomic mass is 16.6. The number of ether oxygens (including phenoxy) is 2. The summed E-state index contributed by atoms with van der Waals surface area (Å²) in [7, 11) is 0. The molecule has 4 nitrogen and oxygen atoms in total. The summed E-state index contributed by atoms with van der Waals surface area (Å²) in [4.78, 5) is 23.0. The minimum atomic E-state index is -0.613. The Kier molecular flexibility index (Phi) is 2.68. The molecule has 0 amide bonds. The molecule has 0 aromatic carbocycles. The maximum Gasteiger partial charge on any atom is 0.309 e. The smallest absolute Gasteiger partial charge is 0.309 e. The van der Waals surface area contributed by atoms with Crippen LogP contribution >= 0.6 is 0 Å². The molecule has 0 spiro atoms. The molecular weight excluding hydrogens is 208 g/mol. The molecular formula is C12H18O4. The van der Waals surface area contributed by atoms with E-state index in [-0.39, 0.29) is 29.9 Å². The van der Waals surface area contributed by atoms with E-state index in [1.807, 2.05) is 6.92 Å². The van der Waals surface area contributed by atoms with E-state index < -0.39 is 5.60 Å². The van der Waals surface area contributed by atoms with Crippen LogP contribution in [0.2, 0.25) is 0 Å². The summed E-state index contributed by atoms with van der Waals surface area (Å²) in [5.41, 5.74) is -0.613. The van der Waals surface area contributed by atoms with E-state index in [2.05, 4.69) is 0 Å². The molecule has 3 unspecified atom stereocenters. The third-order valence-electron chi connectivity index (χ3n) is 3.51. The van der Waals surface area contributed by atoms with Crippen LogP contribution in [-0.2, 0) is 19.1 Å². The van der Waals surface area contributed by atoms with Crippen molar-refractivity contribution in [3.8, 4) is 0 Å². The van der Waals surface area contributed by atoms with Gasteiger partial charge in [-0.2, -0.15) is 0 Å². The predicted molar refractivity (Wildman–Crippen MR) is 56.6 cm³/mol. The molecule has 0 radical (unpaired) electrons. The van der Waals surface area contributed by atoms with Crippen molar-refractivity contribution in [2.45, 2.75) is 51.7 Å². The Labute approximate surface area is 95.3 Å². The Balaban J connectivity index is 2.09. The highest BCUT2D eigenvalue weighted by Crippen LogP contribution is 2.43. The maximum absolute atomic E-state index is 11.6. The summed E-state index contributed by atoms with van der Waals surface area (Å²) in [6, 6.07) is 0. The Hall–Kier alpha value is -1.06. The number of carbonyl (C=O) groups excluding carboxylic acids is 2. The van der Waals surface area contributed by atoms with E-state index in [4.69, 9.17) is 9.47 Å². The zero-order valence-electron chi connectivity index (χ0n) is 9.99. The van der Waals surface area contributed by atoms with E-state index in [1.165, 1.54) is 0 Å². The second-order valence-corrected chi connectivity index (χ2v) is 5.29. The van der Waals surface area contributed by atoms with Gasteiger partial charge >= 0.3 is 11.9 Å². The molecule has 3 atom stereocenters. The van der Waals surface area contributed by atoms with E-state index >= 15 is 0 Å². The summed E-state index contributed by atoms with van der Waals surface area (Å²) in [5.74, 6) is -0.580. The molecule has 3 fully saturated rings. The van der Waals surface area contributed by atoms with Crippen LogP contribution < -0.4 is 0 Å². The number of hydrogen-bond donors (Lipinski definition) is 0. The van der Waals surface area contributed by atoms with Crippen molar-refractivity contribution in [2.24, 2.45) is 11.8 Å². The topological polar surface area (TPSA) is 52.6 Å². The van der Waals surface area contributed by atoms with Gasteiger partial charge in [-0.1, -0.05) is 13.8 Å². The summed E-state index contributed by atoms with van der Waals surface area (Å²) in [6.07, 6.45) is 2.01. The van der Waals surface area contributed by atoms with Crippen LogP contribution in [0.4, 0.5) is 0 Å². The molecule has 1 aliphatic carbocycles. The van der Waals surface area contributed by atoms with Gasteiger partial charge in [-0.05, 0) is 19.8 Å². The molecule has 3 rings (SSSR count). The average molecular weight is 226 g/mol. The molecule has 3 aliphatic rings. The lowest BCUT2D eigenvalue weighted by Gasteiger charge is -2.47. The molecule has 2 heterocycles. The van der Waals surface area contributed by atoms with Crippen LogP contribution in [0.5, 0.6) is 0 Å². The average Bonchev–Trinajstić information content (AvgIpc) is 2.19. The van der Waals surface area contributed by atoms with Crippen LogP contribution in [0.1, 0.15) is 40.0 Å². The molecule has 16 heavy (non-hydrogen) atoms. The van der Waals surface area contributed by atoms with Crippen molar-refractivity contribution in [3.05, 3.63) is 0 Å². The summed E-state index contributed by atoms with van der Waals surface area (Å²) in [6.45, 7) is 5.48. The van der Waals surface area contributed by atoms with Crippen molar-refractivity contribution >= 4 is 11.9 Å². The van der Waals surface area contributed by atoms with E-state index in [0.717, 1.165) is 12.8 Å². The molecule has 90 valence electrons. The first-order valence-corrected chi connectivity index (χ1v) is 5.86. The van der Waals surface area contributed by atoms with E-state index in [0.29, 0.717) is 6.42 Å². The monoisotopic (exact) mass is 226 g/mol. The zero-order valence-corrected chi connectivity index (χ0v) is 9.99. The molecule has 1 saturated carbocycles. The van der Waals surface area contributed by atoms with Crippen LogP contribution in [0.3, 0.4) is 0 Å². The minimum absolute atomic E-state index is 0.0880. The third-order valence-corrected chi connectivity index (χ3v) is 3.51. The van der Waals surface area contributed by atoms with Gasteiger partial charge in [-0.25, -0.2) is 0 Å². The largest absolute Gasteiger partial charge is 0.458 e. The Morgan fingerprint density at radius 3 is 2.62 bits per heavy atom. The SMILES string of the molecule is CC(C)C(=O)OC1(C)CC2CCC1OC2=O. The van der Waals surface area contributed by atoms with E-state index in [9.17, 15) is 9.59 Å². The summed E-state index contributed by atoms with van der Waals surface area (Å²) in [5, 5.41) is 0. The Morgan fingerprint density at radius 1 is 1.50 bits per heavy atom. The highest BCUT2D eigenvalue weighted by molar-refractivity contribution is 5.76. The van der Waals surface area contributed by atoms with Gasteiger partial charge < -0.3 is 9.47 Å². The first-order chi connectivity index (χ1) is 7.42. The first-order valence-electron chi connectivity index (χ1n) is 5.86. The zero-order chi connectivity index (χ0) is 11.9. The molecule has 0 N–H and O–H groups in total. The Morgan fingerprint density at radius 2 is 2.19 bits per heavy atom. The molecule has 2 aliphatic heterocycles. The maximum atomic E-state index is 11.6. The van der Waals surface area contributed by atoms with Crippen LogP contribution in [-0.4, -0.2) is 23.6 Å². The van der Waals surface area contributed by atoms with Gasteiger partial charge in [0.25, 0.3) is 0 Å². The van der Waals surface area contributed by atoms with Crippen LogP contribution in [0.25, 0.3) is 0 Å². The lowest BCUT2D eigenvalue weighted by molar-refractivity contribution is -0.218. The van der Waals surface area contributed by atoms with Crippen molar-refractivity contribution in [3.63, 3.8) is 0 Å². The van der Waals surface area contributed by atoms with Crippen molar-refractivity contribution in [1.82, 2.24) is 0 Å². The minimum Gasteiger partial charge on any atom is -0.458 e. The predicted octanol–water partition coefficient (Wildman–Crippen LogP) is 1.67. The molecule has 2 saturated heterocycles. The van der Waals surface area contributed by atoms with Gasteiger partial charge in [0.15, 0.2) is 0 Å². The number of hydrogen-bond acceptors (Lipinski definition) is 4. The van der Waals surface area contributed by atoms with Crippen molar-refractivity contribution in [1.29, 1.82) is 0 Å². The second kappa shape index (κ2) is 3.75. The normalized spacial score (nSPS) is 37.4. The highest BCUT2D eigenvalue weighted by Gasteiger charge is 2.52. The fourth-order valence-corrected chi connectivity index (χ4v) is 2.46. The van der Waals surface area contributed by atoms with Crippen molar-refractivity contribution in [2.75, 3.05) is 0 Å². The Bertz CT molecular complexity index is 323. The van der Waals surface area contributed by atoms with Gasteiger partial charge in [0.2, 0.25) is 0 Å². The van der Waals surface area contributed by atoms with Gasteiger partial charge in [0, 0.05) is 6.42 Å². The van der Waals surface area contributed by atoms with Gasteiger partial charge in [-0.15, -0.1) is 0 Å². The molecule has 4 heteroatoms. The number of esters is 2. The third kappa shape index (κ3) is 1.81. The fourth-order valence-electron chi connectivity index (χ4n) is 2.46. The molecule has 0 aromatic rings.